The maximum absolute atomic E-state index is 5.22. The first kappa shape index (κ1) is 9.26. The van der Waals surface area contributed by atoms with Crippen molar-refractivity contribution in [2.45, 2.75) is 6.54 Å². The van der Waals surface area contributed by atoms with E-state index >= 15 is 0 Å². The highest BCUT2D eigenvalue weighted by Gasteiger charge is 2.02. The molecular weight excluding hydrogens is 196 g/mol. The molecule has 2 aromatic heterocycles. The maximum atomic E-state index is 5.22. The van der Waals surface area contributed by atoms with Crippen LogP contribution in [-0.4, -0.2) is 9.97 Å². The molecule has 5 heteroatoms. The predicted octanol–water partition coefficient (Wildman–Crippen LogP) is 1.17. The molecule has 0 aliphatic rings. The van der Waals surface area contributed by atoms with E-state index in [1.54, 1.807) is 23.7 Å². The van der Waals surface area contributed by atoms with Gasteiger partial charge in [0.25, 0.3) is 0 Å². The van der Waals surface area contributed by atoms with Gasteiger partial charge in [-0.3, -0.25) is 16.3 Å². The summed E-state index contributed by atoms with van der Waals surface area (Å²) in [5.74, 6) is 5.22. The Morgan fingerprint density at radius 1 is 1.36 bits per heavy atom. The number of hydrogen-bond acceptors (Lipinski definition) is 5. The standard InChI is InChI=1S/C9H10N4S/c10-12-5-9-13-8(6-14-9)7-1-3-11-4-2-7/h1-4,6,12H,5,10H2. The third-order valence-corrected chi connectivity index (χ3v) is 2.63. The molecule has 0 amide bonds. The average Bonchev–Trinajstić information content (AvgIpc) is 2.68. The molecule has 0 unspecified atom stereocenters. The van der Waals surface area contributed by atoms with E-state index in [9.17, 15) is 0 Å². The fraction of sp³-hybridized carbons (Fsp3) is 0.111. The molecule has 0 aromatic carbocycles. The van der Waals surface area contributed by atoms with Crippen molar-refractivity contribution in [3.05, 3.63) is 34.9 Å². The smallest absolute Gasteiger partial charge is 0.108 e. The third kappa shape index (κ3) is 1.95. The molecule has 0 saturated heterocycles. The van der Waals surface area contributed by atoms with Gasteiger partial charge in [0, 0.05) is 23.3 Å². The molecule has 14 heavy (non-hydrogen) atoms. The minimum absolute atomic E-state index is 0.607. The van der Waals surface area contributed by atoms with Crippen molar-refractivity contribution in [1.82, 2.24) is 15.4 Å². The van der Waals surface area contributed by atoms with Crippen LogP contribution in [0.15, 0.2) is 29.9 Å². The number of pyridine rings is 1. The highest BCUT2D eigenvalue weighted by atomic mass is 32.1. The van der Waals surface area contributed by atoms with Gasteiger partial charge in [0.1, 0.15) is 5.01 Å². The van der Waals surface area contributed by atoms with Crippen LogP contribution in [0.3, 0.4) is 0 Å². The zero-order chi connectivity index (χ0) is 9.80. The number of rotatable bonds is 3. The van der Waals surface area contributed by atoms with Crippen LogP contribution in [0.5, 0.6) is 0 Å². The zero-order valence-electron chi connectivity index (χ0n) is 7.47. The van der Waals surface area contributed by atoms with Crippen molar-refractivity contribution in [2.24, 2.45) is 5.84 Å². The molecule has 0 saturated carbocycles. The van der Waals surface area contributed by atoms with Crippen molar-refractivity contribution in [2.75, 3.05) is 0 Å². The fourth-order valence-corrected chi connectivity index (χ4v) is 1.89. The Morgan fingerprint density at radius 3 is 2.86 bits per heavy atom. The van der Waals surface area contributed by atoms with Crippen LogP contribution in [0, 0.1) is 0 Å². The van der Waals surface area contributed by atoms with Gasteiger partial charge < -0.3 is 0 Å². The van der Waals surface area contributed by atoms with Crippen LogP contribution in [0.1, 0.15) is 5.01 Å². The van der Waals surface area contributed by atoms with E-state index in [-0.39, 0.29) is 0 Å². The number of nitrogens with two attached hydrogens (primary N) is 1. The zero-order valence-corrected chi connectivity index (χ0v) is 8.29. The number of hydrazine groups is 1. The van der Waals surface area contributed by atoms with Gasteiger partial charge in [-0.25, -0.2) is 4.98 Å². The molecule has 2 rings (SSSR count). The van der Waals surface area contributed by atoms with Crippen LogP contribution in [0.2, 0.25) is 0 Å². The van der Waals surface area contributed by atoms with Gasteiger partial charge in [0.15, 0.2) is 0 Å². The van der Waals surface area contributed by atoms with Crippen LogP contribution in [0.4, 0.5) is 0 Å². The molecule has 72 valence electrons. The van der Waals surface area contributed by atoms with Gasteiger partial charge in [-0.2, -0.15) is 0 Å². The van der Waals surface area contributed by atoms with Crippen LogP contribution in [-0.2, 0) is 6.54 Å². The lowest BCUT2D eigenvalue weighted by Gasteiger charge is -1.94. The first-order chi connectivity index (χ1) is 6.90. The summed E-state index contributed by atoms with van der Waals surface area (Å²) in [6.45, 7) is 0.607. The molecule has 0 bridgehead atoms. The topological polar surface area (TPSA) is 63.8 Å². The molecule has 0 aliphatic carbocycles. The van der Waals surface area contributed by atoms with Crippen molar-refractivity contribution >= 4 is 11.3 Å². The number of nitrogens with zero attached hydrogens (tertiary/aromatic N) is 2. The molecule has 0 spiro atoms. The van der Waals surface area contributed by atoms with E-state index < -0.39 is 0 Å². The summed E-state index contributed by atoms with van der Waals surface area (Å²) in [4.78, 5) is 8.38. The first-order valence-corrected chi connectivity index (χ1v) is 5.06. The van der Waals surface area contributed by atoms with Crippen LogP contribution >= 0.6 is 11.3 Å². The van der Waals surface area contributed by atoms with E-state index in [1.807, 2.05) is 17.5 Å². The minimum Gasteiger partial charge on any atom is -0.271 e. The molecule has 0 aliphatic heterocycles. The van der Waals surface area contributed by atoms with Crippen LogP contribution < -0.4 is 11.3 Å². The number of thiazole rings is 1. The maximum Gasteiger partial charge on any atom is 0.108 e. The largest absolute Gasteiger partial charge is 0.271 e. The summed E-state index contributed by atoms with van der Waals surface area (Å²) in [5, 5.41) is 3.00. The summed E-state index contributed by atoms with van der Waals surface area (Å²) >= 11 is 1.59. The molecule has 2 aromatic rings. The Hall–Kier alpha value is -1.30. The second-order valence-electron chi connectivity index (χ2n) is 2.74. The lowest BCUT2D eigenvalue weighted by atomic mass is 10.2. The Bertz CT molecular complexity index is 398. The summed E-state index contributed by atoms with van der Waals surface area (Å²) in [7, 11) is 0. The third-order valence-electron chi connectivity index (χ3n) is 1.78. The van der Waals surface area contributed by atoms with Gasteiger partial charge in [-0.1, -0.05) is 0 Å². The van der Waals surface area contributed by atoms with Gasteiger partial charge in [-0.15, -0.1) is 11.3 Å². The molecule has 4 nitrogen and oxygen atoms in total. The normalized spacial score (nSPS) is 10.4. The average molecular weight is 206 g/mol. The molecule has 0 radical (unpaired) electrons. The quantitative estimate of drug-likeness (QED) is 0.584. The second-order valence-corrected chi connectivity index (χ2v) is 3.69. The summed E-state index contributed by atoms with van der Waals surface area (Å²) in [6, 6.07) is 3.88. The van der Waals surface area contributed by atoms with E-state index in [4.69, 9.17) is 5.84 Å². The lowest BCUT2D eigenvalue weighted by Crippen LogP contribution is -2.20. The minimum atomic E-state index is 0.607. The number of hydrogen-bond donors (Lipinski definition) is 2. The number of aromatic nitrogens is 2. The van der Waals surface area contributed by atoms with Gasteiger partial charge >= 0.3 is 0 Å². The van der Waals surface area contributed by atoms with E-state index in [0.29, 0.717) is 6.54 Å². The van der Waals surface area contributed by atoms with E-state index in [1.165, 1.54) is 0 Å². The van der Waals surface area contributed by atoms with Crippen molar-refractivity contribution in [1.29, 1.82) is 0 Å². The van der Waals surface area contributed by atoms with E-state index in [0.717, 1.165) is 16.3 Å². The monoisotopic (exact) mass is 206 g/mol. The first-order valence-electron chi connectivity index (χ1n) is 4.18. The molecule has 2 heterocycles. The summed E-state index contributed by atoms with van der Waals surface area (Å²) in [6.07, 6.45) is 3.52. The fourth-order valence-electron chi connectivity index (χ4n) is 1.13. The van der Waals surface area contributed by atoms with E-state index in [2.05, 4.69) is 15.4 Å². The Morgan fingerprint density at radius 2 is 2.14 bits per heavy atom. The highest BCUT2D eigenvalue weighted by molar-refractivity contribution is 7.09. The molecule has 0 atom stereocenters. The Labute approximate surface area is 85.8 Å². The van der Waals surface area contributed by atoms with Gasteiger partial charge in [0.05, 0.1) is 12.2 Å². The second kappa shape index (κ2) is 4.28. The van der Waals surface area contributed by atoms with Crippen molar-refractivity contribution in [3.8, 4) is 11.3 Å². The Balaban J connectivity index is 2.25. The van der Waals surface area contributed by atoms with Crippen LogP contribution in [0.25, 0.3) is 11.3 Å². The summed E-state index contributed by atoms with van der Waals surface area (Å²) < 4.78 is 0. The predicted molar refractivity (Wildman–Crippen MR) is 56.4 cm³/mol. The Kier molecular flexibility index (Phi) is 2.83. The number of nitrogens with one attached hydrogen (secondary N) is 1. The van der Waals surface area contributed by atoms with Crippen molar-refractivity contribution in [3.63, 3.8) is 0 Å². The SMILES string of the molecule is NNCc1nc(-c2ccncc2)cs1. The molecule has 0 fully saturated rings. The highest BCUT2D eigenvalue weighted by Crippen LogP contribution is 2.20. The summed E-state index contributed by atoms with van der Waals surface area (Å²) in [5.41, 5.74) is 4.64. The van der Waals surface area contributed by atoms with Crippen molar-refractivity contribution < 1.29 is 0 Å². The molecule has 3 N–H and O–H groups in total. The molecular formula is C9H10N4S. The lowest BCUT2D eigenvalue weighted by molar-refractivity contribution is 0.737. The van der Waals surface area contributed by atoms with Gasteiger partial charge in [-0.05, 0) is 12.1 Å². The van der Waals surface area contributed by atoms with Gasteiger partial charge in [0.2, 0.25) is 0 Å².